The van der Waals surface area contributed by atoms with Crippen LogP contribution in [-0.4, -0.2) is 16.3 Å². The smallest absolute Gasteiger partial charge is 0.0550 e. The van der Waals surface area contributed by atoms with Gasteiger partial charge in [-0.15, -0.1) is 12.4 Å². The Bertz CT molecular complexity index is 253. The van der Waals surface area contributed by atoms with Crippen LogP contribution in [0.5, 0.6) is 0 Å². The van der Waals surface area contributed by atoms with E-state index in [9.17, 15) is 0 Å². The SMILES string of the molecule is Cl.Cn1nccc1C1CCCCN1. The largest absolute Gasteiger partial charge is 0.309 e. The fourth-order valence-corrected chi connectivity index (χ4v) is 1.83. The van der Waals surface area contributed by atoms with E-state index in [2.05, 4.69) is 16.5 Å². The van der Waals surface area contributed by atoms with E-state index in [0.717, 1.165) is 6.54 Å². The minimum absolute atomic E-state index is 0. The molecule has 1 aromatic heterocycles. The van der Waals surface area contributed by atoms with Gasteiger partial charge in [0.15, 0.2) is 0 Å². The molecule has 1 saturated heterocycles. The van der Waals surface area contributed by atoms with Gasteiger partial charge in [0.1, 0.15) is 0 Å². The molecule has 0 aliphatic carbocycles. The molecule has 0 aromatic carbocycles. The summed E-state index contributed by atoms with van der Waals surface area (Å²) < 4.78 is 1.96. The minimum atomic E-state index is 0. The standard InChI is InChI=1S/C9H15N3.ClH/c1-12-9(5-7-11-12)8-4-2-3-6-10-8;/h5,7-8,10H,2-4,6H2,1H3;1H. The second kappa shape index (κ2) is 4.63. The minimum Gasteiger partial charge on any atom is -0.309 e. The van der Waals surface area contributed by atoms with Crippen molar-refractivity contribution in [1.29, 1.82) is 0 Å². The molecule has 74 valence electrons. The predicted molar refractivity (Wildman–Crippen MR) is 55.1 cm³/mol. The topological polar surface area (TPSA) is 29.9 Å². The quantitative estimate of drug-likeness (QED) is 0.749. The average molecular weight is 202 g/mol. The molecule has 1 aromatic rings. The number of nitrogens with zero attached hydrogens (tertiary/aromatic N) is 2. The van der Waals surface area contributed by atoms with Gasteiger partial charge in [0.25, 0.3) is 0 Å². The lowest BCUT2D eigenvalue weighted by Gasteiger charge is -2.23. The van der Waals surface area contributed by atoms with Crippen LogP contribution in [0.4, 0.5) is 0 Å². The molecule has 2 rings (SSSR count). The van der Waals surface area contributed by atoms with Crippen molar-refractivity contribution in [2.75, 3.05) is 6.54 Å². The second-order valence-electron chi connectivity index (χ2n) is 3.38. The number of aromatic nitrogens is 2. The van der Waals surface area contributed by atoms with Crippen LogP contribution >= 0.6 is 12.4 Å². The van der Waals surface area contributed by atoms with Gasteiger partial charge in [0.05, 0.1) is 5.69 Å². The number of aryl methyl sites for hydroxylation is 1. The van der Waals surface area contributed by atoms with E-state index >= 15 is 0 Å². The fourth-order valence-electron chi connectivity index (χ4n) is 1.83. The highest BCUT2D eigenvalue weighted by atomic mass is 35.5. The number of nitrogens with one attached hydrogen (secondary N) is 1. The van der Waals surface area contributed by atoms with Gasteiger partial charge in [-0.25, -0.2) is 0 Å². The summed E-state index contributed by atoms with van der Waals surface area (Å²) in [5, 5.41) is 7.67. The van der Waals surface area contributed by atoms with Crippen molar-refractivity contribution in [3.63, 3.8) is 0 Å². The summed E-state index contributed by atoms with van der Waals surface area (Å²) in [5.41, 5.74) is 1.31. The van der Waals surface area contributed by atoms with Crippen LogP contribution in [0.1, 0.15) is 31.0 Å². The first kappa shape index (κ1) is 10.5. The highest BCUT2D eigenvalue weighted by molar-refractivity contribution is 5.85. The number of hydrogen-bond acceptors (Lipinski definition) is 2. The molecule has 4 heteroatoms. The summed E-state index contributed by atoms with van der Waals surface area (Å²) >= 11 is 0. The molecule has 1 N–H and O–H groups in total. The lowest BCUT2D eigenvalue weighted by molar-refractivity contribution is 0.394. The molecular formula is C9H16ClN3. The Kier molecular flexibility index (Phi) is 3.75. The number of hydrogen-bond donors (Lipinski definition) is 1. The molecule has 1 unspecified atom stereocenters. The number of rotatable bonds is 1. The molecule has 1 atom stereocenters. The molecule has 1 fully saturated rings. The lowest BCUT2D eigenvalue weighted by Crippen LogP contribution is -2.28. The van der Waals surface area contributed by atoms with E-state index in [1.54, 1.807) is 0 Å². The maximum absolute atomic E-state index is 4.17. The molecule has 2 heterocycles. The van der Waals surface area contributed by atoms with E-state index < -0.39 is 0 Å². The molecule has 0 radical (unpaired) electrons. The van der Waals surface area contributed by atoms with Gasteiger partial charge in [-0.05, 0) is 25.5 Å². The third-order valence-corrected chi connectivity index (χ3v) is 2.53. The Balaban J connectivity index is 0.000000845. The summed E-state index contributed by atoms with van der Waals surface area (Å²) in [5.74, 6) is 0. The summed E-state index contributed by atoms with van der Waals surface area (Å²) in [6, 6.07) is 2.63. The maximum Gasteiger partial charge on any atom is 0.0550 e. The summed E-state index contributed by atoms with van der Waals surface area (Å²) in [6.07, 6.45) is 5.77. The van der Waals surface area contributed by atoms with Crippen molar-refractivity contribution in [3.05, 3.63) is 18.0 Å². The average Bonchev–Trinajstić information content (AvgIpc) is 2.53. The molecule has 1 aliphatic heterocycles. The molecule has 0 bridgehead atoms. The van der Waals surface area contributed by atoms with Crippen molar-refractivity contribution < 1.29 is 0 Å². The van der Waals surface area contributed by atoms with Gasteiger partial charge < -0.3 is 5.32 Å². The van der Waals surface area contributed by atoms with Crippen molar-refractivity contribution in [2.45, 2.75) is 25.3 Å². The van der Waals surface area contributed by atoms with Gasteiger partial charge >= 0.3 is 0 Å². The zero-order valence-electron chi connectivity index (χ0n) is 7.86. The van der Waals surface area contributed by atoms with Crippen molar-refractivity contribution in [1.82, 2.24) is 15.1 Å². The highest BCUT2D eigenvalue weighted by Gasteiger charge is 2.16. The van der Waals surface area contributed by atoms with E-state index in [4.69, 9.17) is 0 Å². The Morgan fingerprint density at radius 2 is 2.38 bits per heavy atom. The molecule has 0 saturated carbocycles. The Morgan fingerprint density at radius 3 is 2.92 bits per heavy atom. The highest BCUT2D eigenvalue weighted by Crippen LogP contribution is 2.21. The molecule has 0 spiro atoms. The van der Waals surface area contributed by atoms with Crippen LogP contribution in [0.2, 0.25) is 0 Å². The normalized spacial score (nSPS) is 22.4. The van der Waals surface area contributed by atoms with Gasteiger partial charge in [-0.2, -0.15) is 5.10 Å². The van der Waals surface area contributed by atoms with Crippen LogP contribution in [-0.2, 0) is 7.05 Å². The Morgan fingerprint density at radius 1 is 1.54 bits per heavy atom. The van der Waals surface area contributed by atoms with E-state index in [0.29, 0.717) is 6.04 Å². The third kappa shape index (κ3) is 2.23. The van der Waals surface area contributed by atoms with E-state index in [1.807, 2.05) is 17.9 Å². The van der Waals surface area contributed by atoms with Crippen LogP contribution in [0.15, 0.2) is 12.3 Å². The molecule has 3 nitrogen and oxygen atoms in total. The van der Waals surface area contributed by atoms with Gasteiger partial charge in [0.2, 0.25) is 0 Å². The first-order valence-corrected chi connectivity index (χ1v) is 4.59. The van der Waals surface area contributed by atoms with Crippen LogP contribution in [0.25, 0.3) is 0 Å². The van der Waals surface area contributed by atoms with Crippen molar-refractivity contribution in [2.24, 2.45) is 7.05 Å². The number of piperidine rings is 1. The number of halogens is 1. The summed E-state index contributed by atoms with van der Waals surface area (Å²) in [4.78, 5) is 0. The Hall–Kier alpha value is -0.540. The van der Waals surface area contributed by atoms with Gasteiger partial charge in [-0.3, -0.25) is 4.68 Å². The maximum atomic E-state index is 4.17. The van der Waals surface area contributed by atoms with Gasteiger partial charge in [-0.1, -0.05) is 6.42 Å². The van der Waals surface area contributed by atoms with Gasteiger partial charge in [0, 0.05) is 19.3 Å². The third-order valence-electron chi connectivity index (χ3n) is 2.53. The first-order valence-electron chi connectivity index (χ1n) is 4.59. The second-order valence-corrected chi connectivity index (χ2v) is 3.38. The van der Waals surface area contributed by atoms with E-state index in [1.165, 1.54) is 25.0 Å². The van der Waals surface area contributed by atoms with Crippen molar-refractivity contribution >= 4 is 12.4 Å². The zero-order valence-corrected chi connectivity index (χ0v) is 8.68. The predicted octanol–water partition coefficient (Wildman–Crippen LogP) is 1.66. The summed E-state index contributed by atoms with van der Waals surface area (Å²) in [7, 11) is 2.01. The molecule has 13 heavy (non-hydrogen) atoms. The first-order chi connectivity index (χ1) is 5.88. The zero-order chi connectivity index (χ0) is 8.39. The van der Waals surface area contributed by atoms with Crippen LogP contribution in [0.3, 0.4) is 0 Å². The summed E-state index contributed by atoms with van der Waals surface area (Å²) in [6.45, 7) is 1.15. The van der Waals surface area contributed by atoms with Crippen molar-refractivity contribution in [3.8, 4) is 0 Å². The monoisotopic (exact) mass is 201 g/mol. The van der Waals surface area contributed by atoms with Crippen LogP contribution < -0.4 is 5.32 Å². The van der Waals surface area contributed by atoms with Crippen LogP contribution in [0, 0.1) is 0 Å². The lowest BCUT2D eigenvalue weighted by atomic mass is 10.0. The van der Waals surface area contributed by atoms with E-state index in [-0.39, 0.29) is 12.4 Å². The molecular weight excluding hydrogens is 186 g/mol. The fraction of sp³-hybridized carbons (Fsp3) is 0.667. The molecule has 0 amide bonds. The molecule has 1 aliphatic rings. The Labute approximate surface area is 84.9 Å².